The molecule has 1 N–H and O–H groups in total. The molecular formula is C28H23FN2O2. The lowest BCUT2D eigenvalue weighted by Gasteiger charge is -2.10. The molecule has 4 nitrogen and oxygen atoms in total. The number of hydrogen-bond donors (Lipinski definition) is 1. The third-order valence-corrected chi connectivity index (χ3v) is 5.70. The van der Waals surface area contributed by atoms with E-state index in [0.717, 1.165) is 50.2 Å². The Balaban J connectivity index is 1.51. The standard InChI is InChI=1S/C28H23FN2O2/c1-18-8-9-20(13-27(18)32-2)22-12-25-26(16-31-28(25)30-15-22)21-10-23(29)14-24(11-21)33-17-19-6-4-3-5-7-19/h3-16H,17H2,1-2H3,(H,30,31). The highest BCUT2D eigenvalue weighted by molar-refractivity contribution is 5.96. The number of pyridine rings is 1. The summed E-state index contributed by atoms with van der Waals surface area (Å²) in [6.07, 6.45) is 3.68. The van der Waals surface area contributed by atoms with Crippen molar-refractivity contribution in [1.82, 2.24) is 9.97 Å². The third-order valence-electron chi connectivity index (χ3n) is 5.70. The number of rotatable bonds is 6. The number of nitrogens with zero attached hydrogens (tertiary/aromatic N) is 1. The van der Waals surface area contributed by atoms with Crippen molar-refractivity contribution in [3.05, 3.63) is 102 Å². The maximum absolute atomic E-state index is 14.5. The summed E-state index contributed by atoms with van der Waals surface area (Å²) in [5.74, 6) is 0.958. The molecule has 164 valence electrons. The Bertz CT molecular complexity index is 1430. The molecule has 0 aliphatic heterocycles. The highest BCUT2D eigenvalue weighted by atomic mass is 19.1. The van der Waals surface area contributed by atoms with E-state index < -0.39 is 0 Å². The SMILES string of the molecule is COc1cc(-c2cnc3[nH]cc(-c4cc(F)cc(OCc5ccccc5)c4)c3c2)ccc1C. The van der Waals surface area contributed by atoms with Crippen molar-refractivity contribution in [2.75, 3.05) is 7.11 Å². The number of ether oxygens (including phenoxy) is 2. The van der Waals surface area contributed by atoms with E-state index in [1.807, 2.05) is 73.9 Å². The molecule has 0 aliphatic rings. The normalized spacial score (nSPS) is 11.0. The monoisotopic (exact) mass is 438 g/mol. The van der Waals surface area contributed by atoms with E-state index in [1.165, 1.54) is 12.1 Å². The van der Waals surface area contributed by atoms with Crippen LogP contribution in [-0.4, -0.2) is 17.1 Å². The second kappa shape index (κ2) is 8.79. The van der Waals surface area contributed by atoms with Crippen LogP contribution in [0.2, 0.25) is 0 Å². The molecular weight excluding hydrogens is 415 g/mol. The van der Waals surface area contributed by atoms with Crippen molar-refractivity contribution < 1.29 is 13.9 Å². The van der Waals surface area contributed by atoms with Crippen molar-refractivity contribution in [1.29, 1.82) is 0 Å². The molecule has 5 rings (SSSR count). The maximum atomic E-state index is 14.5. The highest BCUT2D eigenvalue weighted by Gasteiger charge is 2.12. The third kappa shape index (κ3) is 4.30. The molecule has 0 bridgehead atoms. The fourth-order valence-electron chi connectivity index (χ4n) is 3.94. The van der Waals surface area contributed by atoms with Gasteiger partial charge >= 0.3 is 0 Å². The van der Waals surface area contributed by atoms with Gasteiger partial charge in [0.1, 0.15) is 29.6 Å². The first-order valence-corrected chi connectivity index (χ1v) is 10.7. The van der Waals surface area contributed by atoms with E-state index in [0.29, 0.717) is 12.4 Å². The quantitative estimate of drug-likeness (QED) is 0.313. The number of aromatic amines is 1. The van der Waals surface area contributed by atoms with Crippen LogP contribution in [0.1, 0.15) is 11.1 Å². The number of H-pyrrole nitrogens is 1. The Hall–Kier alpha value is -4.12. The summed E-state index contributed by atoms with van der Waals surface area (Å²) >= 11 is 0. The molecule has 0 aliphatic carbocycles. The molecule has 33 heavy (non-hydrogen) atoms. The number of methoxy groups -OCH3 is 1. The number of fused-ring (bicyclic) bond motifs is 1. The predicted octanol–water partition coefficient (Wildman–Crippen LogP) is 6.93. The average Bonchev–Trinajstić information content (AvgIpc) is 3.27. The van der Waals surface area contributed by atoms with Gasteiger partial charge in [-0.3, -0.25) is 0 Å². The first-order chi connectivity index (χ1) is 16.1. The fraction of sp³-hybridized carbons (Fsp3) is 0.107. The molecule has 0 spiro atoms. The molecule has 5 heteroatoms. The van der Waals surface area contributed by atoms with E-state index >= 15 is 0 Å². The van der Waals surface area contributed by atoms with Crippen molar-refractivity contribution in [2.45, 2.75) is 13.5 Å². The molecule has 0 fully saturated rings. The fourth-order valence-corrected chi connectivity index (χ4v) is 3.94. The smallest absolute Gasteiger partial charge is 0.137 e. The lowest BCUT2D eigenvalue weighted by molar-refractivity contribution is 0.305. The zero-order chi connectivity index (χ0) is 22.8. The molecule has 2 heterocycles. The first kappa shape index (κ1) is 20.8. The molecule has 0 amide bonds. The van der Waals surface area contributed by atoms with E-state index in [-0.39, 0.29) is 5.82 Å². The zero-order valence-corrected chi connectivity index (χ0v) is 18.4. The predicted molar refractivity (Wildman–Crippen MR) is 129 cm³/mol. The van der Waals surface area contributed by atoms with E-state index in [9.17, 15) is 4.39 Å². The summed E-state index contributed by atoms with van der Waals surface area (Å²) in [4.78, 5) is 7.78. The van der Waals surface area contributed by atoms with Crippen LogP contribution >= 0.6 is 0 Å². The molecule has 2 aromatic heterocycles. The number of nitrogens with one attached hydrogen (secondary N) is 1. The van der Waals surface area contributed by atoms with Gasteiger partial charge in [-0.05, 0) is 53.4 Å². The Morgan fingerprint density at radius 3 is 2.58 bits per heavy atom. The minimum Gasteiger partial charge on any atom is -0.496 e. The molecule has 5 aromatic rings. The Kier molecular flexibility index (Phi) is 5.53. The van der Waals surface area contributed by atoms with Crippen molar-refractivity contribution >= 4 is 11.0 Å². The lowest BCUT2D eigenvalue weighted by atomic mass is 10.0. The number of aromatic nitrogens is 2. The molecule has 0 saturated heterocycles. The van der Waals surface area contributed by atoms with E-state index in [2.05, 4.69) is 16.0 Å². The number of benzene rings is 3. The van der Waals surface area contributed by atoms with Gasteiger partial charge in [0.15, 0.2) is 0 Å². The van der Waals surface area contributed by atoms with Gasteiger partial charge in [0.2, 0.25) is 0 Å². The van der Waals surface area contributed by atoms with Crippen molar-refractivity contribution in [3.8, 4) is 33.8 Å². The van der Waals surface area contributed by atoms with Gasteiger partial charge in [-0.15, -0.1) is 0 Å². The Morgan fingerprint density at radius 2 is 1.76 bits per heavy atom. The van der Waals surface area contributed by atoms with Gasteiger partial charge in [0, 0.05) is 35.0 Å². The minimum absolute atomic E-state index is 0.350. The summed E-state index contributed by atoms with van der Waals surface area (Å²) < 4.78 is 25.8. The van der Waals surface area contributed by atoms with E-state index in [1.54, 1.807) is 7.11 Å². The second-order valence-electron chi connectivity index (χ2n) is 7.96. The van der Waals surface area contributed by atoms with Crippen molar-refractivity contribution in [3.63, 3.8) is 0 Å². The summed E-state index contributed by atoms with van der Waals surface area (Å²) in [7, 11) is 1.67. The van der Waals surface area contributed by atoms with Crippen LogP contribution in [0.15, 0.2) is 85.2 Å². The van der Waals surface area contributed by atoms with Gasteiger partial charge < -0.3 is 14.5 Å². The minimum atomic E-state index is -0.350. The summed E-state index contributed by atoms with van der Waals surface area (Å²) in [6, 6.07) is 22.7. The van der Waals surface area contributed by atoms with Gasteiger partial charge in [-0.25, -0.2) is 9.37 Å². The van der Waals surface area contributed by atoms with Crippen LogP contribution in [0.4, 0.5) is 4.39 Å². The Morgan fingerprint density at radius 1 is 0.909 bits per heavy atom. The second-order valence-corrected chi connectivity index (χ2v) is 7.96. The number of hydrogen-bond acceptors (Lipinski definition) is 3. The Labute approximate surface area is 191 Å². The van der Waals surface area contributed by atoms with Gasteiger partial charge in [-0.1, -0.05) is 42.5 Å². The van der Waals surface area contributed by atoms with Gasteiger partial charge in [0.05, 0.1) is 7.11 Å². The largest absolute Gasteiger partial charge is 0.496 e. The summed E-state index contributed by atoms with van der Waals surface area (Å²) in [6.45, 7) is 2.38. The van der Waals surface area contributed by atoms with Crippen LogP contribution in [0.5, 0.6) is 11.5 Å². The van der Waals surface area contributed by atoms with E-state index in [4.69, 9.17) is 9.47 Å². The molecule has 0 radical (unpaired) electrons. The molecule has 0 atom stereocenters. The summed E-state index contributed by atoms with van der Waals surface area (Å²) in [5.41, 5.74) is 6.39. The molecule has 3 aromatic carbocycles. The van der Waals surface area contributed by atoms with Gasteiger partial charge in [0.25, 0.3) is 0 Å². The van der Waals surface area contributed by atoms with Gasteiger partial charge in [-0.2, -0.15) is 0 Å². The lowest BCUT2D eigenvalue weighted by Crippen LogP contribution is -1.96. The average molecular weight is 439 g/mol. The van der Waals surface area contributed by atoms with Crippen LogP contribution in [0, 0.1) is 12.7 Å². The van der Waals surface area contributed by atoms with Crippen molar-refractivity contribution in [2.24, 2.45) is 0 Å². The summed E-state index contributed by atoms with van der Waals surface area (Å²) in [5, 5.41) is 0.909. The number of aryl methyl sites for hydroxylation is 1. The molecule has 0 saturated carbocycles. The maximum Gasteiger partial charge on any atom is 0.137 e. The van der Waals surface area contributed by atoms with Crippen LogP contribution < -0.4 is 9.47 Å². The zero-order valence-electron chi connectivity index (χ0n) is 18.4. The molecule has 0 unspecified atom stereocenters. The number of halogens is 1. The highest BCUT2D eigenvalue weighted by Crippen LogP contribution is 2.34. The van der Waals surface area contributed by atoms with Crippen LogP contribution in [-0.2, 0) is 6.61 Å². The topological polar surface area (TPSA) is 47.1 Å². The first-order valence-electron chi connectivity index (χ1n) is 10.7. The van der Waals surface area contributed by atoms with Crippen LogP contribution in [0.3, 0.4) is 0 Å². The van der Waals surface area contributed by atoms with Crippen LogP contribution in [0.25, 0.3) is 33.3 Å².